The van der Waals surface area contributed by atoms with Crippen molar-refractivity contribution in [1.82, 2.24) is 0 Å². The van der Waals surface area contributed by atoms with Gasteiger partial charge < -0.3 is 4.74 Å². The van der Waals surface area contributed by atoms with Crippen LogP contribution in [0.5, 0.6) is 5.75 Å². The highest BCUT2D eigenvalue weighted by molar-refractivity contribution is 5.34. The van der Waals surface area contributed by atoms with E-state index in [0.717, 1.165) is 12.1 Å². The van der Waals surface area contributed by atoms with Crippen LogP contribution in [-0.2, 0) is 6.42 Å². The first-order valence-corrected chi connectivity index (χ1v) is 4.18. The smallest absolute Gasteiger partial charge is 0.208 e. The minimum absolute atomic E-state index is 0.00731. The van der Waals surface area contributed by atoms with Gasteiger partial charge in [-0.15, -0.1) is 0 Å². The number of hydrogen-bond donors (Lipinski definition) is 0. The molecule has 0 spiro atoms. The largest absolute Gasteiger partial charge is 0.496 e. The first-order valence-electron chi connectivity index (χ1n) is 4.18. The van der Waals surface area contributed by atoms with Crippen LogP contribution in [0.25, 0.3) is 0 Å². The van der Waals surface area contributed by atoms with E-state index in [4.69, 9.17) is 4.74 Å². The van der Waals surface area contributed by atoms with E-state index in [9.17, 15) is 18.9 Å². The lowest BCUT2D eigenvalue weighted by atomic mass is 10.1. The van der Waals surface area contributed by atoms with Crippen molar-refractivity contribution in [3.8, 4) is 5.75 Å². The predicted octanol–water partition coefficient (Wildman–Crippen LogP) is 1.79. The third kappa shape index (κ3) is 2.87. The summed E-state index contributed by atoms with van der Waals surface area (Å²) in [6, 6.07) is 1.79. The molecule has 0 saturated heterocycles. The van der Waals surface area contributed by atoms with Crippen molar-refractivity contribution in [1.29, 1.82) is 0 Å². The Hall–Kier alpha value is -1.72. The maximum atomic E-state index is 12.8. The zero-order chi connectivity index (χ0) is 11.4. The van der Waals surface area contributed by atoms with Gasteiger partial charge in [0.25, 0.3) is 0 Å². The summed E-state index contributed by atoms with van der Waals surface area (Å²) in [6.45, 7) is -0.346. The van der Waals surface area contributed by atoms with Crippen molar-refractivity contribution in [2.45, 2.75) is 6.42 Å². The Labute approximate surface area is 84.6 Å². The molecule has 0 heterocycles. The van der Waals surface area contributed by atoms with Crippen molar-refractivity contribution in [3.63, 3.8) is 0 Å². The van der Waals surface area contributed by atoms with E-state index in [1.165, 1.54) is 7.11 Å². The Kier molecular flexibility index (Phi) is 3.54. The van der Waals surface area contributed by atoms with E-state index < -0.39 is 16.6 Å². The fraction of sp³-hybridized carbons (Fsp3) is 0.333. The van der Waals surface area contributed by atoms with Crippen molar-refractivity contribution >= 4 is 0 Å². The van der Waals surface area contributed by atoms with Crippen molar-refractivity contribution in [2.75, 3.05) is 13.7 Å². The Morgan fingerprint density at radius 1 is 1.40 bits per heavy atom. The number of halogens is 2. The van der Waals surface area contributed by atoms with Crippen molar-refractivity contribution in [2.24, 2.45) is 0 Å². The second-order valence-electron chi connectivity index (χ2n) is 2.88. The summed E-state index contributed by atoms with van der Waals surface area (Å²) in [5.74, 6) is -1.94. The van der Waals surface area contributed by atoms with Crippen LogP contribution in [0, 0.1) is 21.7 Å². The molecule has 1 aromatic carbocycles. The van der Waals surface area contributed by atoms with E-state index in [2.05, 4.69) is 0 Å². The van der Waals surface area contributed by atoms with Crippen LogP contribution in [0.15, 0.2) is 12.1 Å². The Balaban J connectivity index is 2.94. The molecule has 0 N–H and O–H groups in total. The molecule has 15 heavy (non-hydrogen) atoms. The first kappa shape index (κ1) is 11.4. The highest BCUT2D eigenvalue weighted by Crippen LogP contribution is 2.22. The third-order valence-corrected chi connectivity index (χ3v) is 1.89. The Bertz CT molecular complexity index is 382. The van der Waals surface area contributed by atoms with Gasteiger partial charge >= 0.3 is 0 Å². The summed E-state index contributed by atoms with van der Waals surface area (Å²) in [5, 5.41) is 10.1. The minimum Gasteiger partial charge on any atom is -0.496 e. The number of ether oxygens (including phenoxy) is 1. The van der Waals surface area contributed by atoms with Crippen LogP contribution >= 0.6 is 0 Å². The monoisotopic (exact) mass is 217 g/mol. The van der Waals surface area contributed by atoms with E-state index >= 15 is 0 Å². The highest BCUT2D eigenvalue weighted by atomic mass is 19.2. The predicted molar refractivity (Wildman–Crippen MR) is 48.5 cm³/mol. The summed E-state index contributed by atoms with van der Waals surface area (Å²) in [4.78, 5) is 9.59. The van der Waals surface area contributed by atoms with Gasteiger partial charge in [-0.25, -0.2) is 8.78 Å². The number of methoxy groups -OCH3 is 1. The fourth-order valence-electron chi connectivity index (χ4n) is 1.17. The summed E-state index contributed by atoms with van der Waals surface area (Å²) >= 11 is 0. The summed E-state index contributed by atoms with van der Waals surface area (Å²) < 4.78 is 30.4. The van der Waals surface area contributed by atoms with Crippen LogP contribution < -0.4 is 4.74 Å². The van der Waals surface area contributed by atoms with Gasteiger partial charge in [0, 0.05) is 23.0 Å². The molecule has 0 amide bonds. The van der Waals surface area contributed by atoms with E-state index in [1.54, 1.807) is 0 Å². The molecule has 4 nitrogen and oxygen atoms in total. The SMILES string of the molecule is COc1cc(F)c(F)cc1CC[N+](=O)[O-]. The zero-order valence-electron chi connectivity index (χ0n) is 8.00. The molecule has 0 radical (unpaired) electrons. The number of nitro groups is 1. The van der Waals surface area contributed by atoms with Crippen LogP contribution in [0.2, 0.25) is 0 Å². The van der Waals surface area contributed by atoms with Gasteiger partial charge in [0.05, 0.1) is 7.11 Å². The normalized spacial score (nSPS) is 10.1. The quantitative estimate of drug-likeness (QED) is 0.570. The van der Waals surface area contributed by atoms with Crippen LogP contribution in [0.3, 0.4) is 0 Å². The summed E-state index contributed by atoms with van der Waals surface area (Å²) in [6.07, 6.45) is 0.00731. The van der Waals surface area contributed by atoms with Gasteiger partial charge in [0.15, 0.2) is 11.6 Å². The first-order chi connectivity index (χ1) is 7.04. The molecule has 0 aromatic heterocycles. The van der Waals surface area contributed by atoms with Crippen molar-refractivity contribution < 1.29 is 18.4 Å². The second kappa shape index (κ2) is 4.68. The highest BCUT2D eigenvalue weighted by Gasteiger charge is 2.12. The molecule has 0 bridgehead atoms. The van der Waals surface area contributed by atoms with Gasteiger partial charge in [-0.05, 0) is 6.07 Å². The van der Waals surface area contributed by atoms with Crippen LogP contribution in [0.1, 0.15) is 5.56 Å². The molecule has 0 saturated carbocycles. The average Bonchev–Trinajstić information content (AvgIpc) is 2.19. The minimum atomic E-state index is -1.03. The van der Waals surface area contributed by atoms with Gasteiger partial charge in [0.2, 0.25) is 6.54 Å². The Morgan fingerprint density at radius 3 is 2.53 bits per heavy atom. The topological polar surface area (TPSA) is 52.4 Å². The Morgan fingerprint density at radius 2 is 2.00 bits per heavy atom. The zero-order valence-corrected chi connectivity index (χ0v) is 8.00. The second-order valence-corrected chi connectivity index (χ2v) is 2.88. The fourth-order valence-corrected chi connectivity index (χ4v) is 1.17. The van der Waals surface area contributed by atoms with Crippen LogP contribution in [0.4, 0.5) is 8.78 Å². The molecule has 0 fully saturated rings. The van der Waals surface area contributed by atoms with Gasteiger partial charge in [-0.3, -0.25) is 10.1 Å². The maximum Gasteiger partial charge on any atom is 0.208 e. The molecule has 0 unspecified atom stereocenters. The standard InChI is InChI=1S/C9H9F2NO3/c1-15-9-5-8(11)7(10)4-6(9)2-3-12(13)14/h4-5H,2-3H2,1H3. The molecular formula is C9H9F2NO3. The lowest BCUT2D eigenvalue weighted by Crippen LogP contribution is -2.06. The summed E-state index contributed by atoms with van der Waals surface area (Å²) in [7, 11) is 1.29. The molecule has 1 rings (SSSR count). The number of nitrogens with zero attached hydrogens (tertiary/aromatic N) is 1. The van der Waals surface area contributed by atoms with E-state index in [-0.39, 0.29) is 24.3 Å². The van der Waals surface area contributed by atoms with E-state index in [0.29, 0.717) is 0 Å². The molecule has 0 aliphatic rings. The van der Waals surface area contributed by atoms with Crippen molar-refractivity contribution in [3.05, 3.63) is 39.4 Å². The molecule has 0 aliphatic carbocycles. The number of hydrogen-bond acceptors (Lipinski definition) is 3. The lowest BCUT2D eigenvalue weighted by molar-refractivity contribution is -0.479. The maximum absolute atomic E-state index is 12.8. The number of rotatable bonds is 4. The molecule has 0 aliphatic heterocycles. The van der Waals surface area contributed by atoms with Crippen LogP contribution in [-0.4, -0.2) is 18.6 Å². The van der Waals surface area contributed by atoms with Gasteiger partial charge in [-0.2, -0.15) is 0 Å². The van der Waals surface area contributed by atoms with Gasteiger partial charge in [0.1, 0.15) is 5.75 Å². The summed E-state index contributed by atoms with van der Waals surface area (Å²) in [5.41, 5.74) is 0.285. The molecular weight excluding hydrogens is 208 g/mol. The number of benzene rings is 1. The molecule has 6 heteroatoms. The van der Waals surface area contributed by atoms with E-state index in [1.807, 2.05) is 0 Å². The molecule has 1 aromatic rings. The third-order valence-electron chi connectivity index (χ3n) is 1.89. The average molecular weight is 217 g/mol. The molecule has 0 atom stereocenters. The molecule has 82 valence electrons. The lowest BCUT2D eigenvalue weighted by Gasteiger charge is -2.07. The van der Waals surface area contributed by atoms with Gasteiger partial charge in [-0.1, -0.05) is 0 Å².